The van der Waals surface area contributed by atoms with Crippen LogP contribution in [0.2, 0.25) is 0 Å². The number of nitrogens with zero attached hydrogens (tertiary/aromatic N) is 2. The van der Waals surface area contributed by atoms with Crippen LogP contribution in [-0.4, -0.2) is 22.7 Å². The predicted molar refractivity (Wildman–Crippen MR) is 66.6 cm³/mol. The van der Waals surface area contributed by atoms with E-state index in [-0.39, 0.29) is 0 Å². The maximum absolute atomic E-state index is 4.71. The lowest BCUT2D eigenvalue weighted by Crippen LogP contribution is -2.35. The Bertz CT molecular complexity index is 302. The minimum absolute atomic E-state index is 0.692. The predicted octanol–water partition coefficient (Wildman–Crippen LogP) is 2.42. The van der Waals surface area contributed by atoms with Gasteiger partial charge in [0.05, 0.1) is 0 Å². The lowest BCUT2D eigenvalue weighted by atomic mass is 9.80. The molecule has 0 saturated heterocycles. The second kappa shape index (κ2) is 6.15. The third kappa shape index (κ3) is 3.80. The molecular weight excluding hydrogens is 214 g/mol. The first kappa shape index (κ1) is 12.6. The van der Waals surface area contributed by atoms with Crippen molar-refractivity contribution in [3.8, 4) is 0 Å². The van der Waals surface area contributed by atoms with E-state index in [0.717, 1.165) is 30.6 Å². The van der Waals surface area contributed by atoms with Gasteiger partial charge in [0.2, 0.25) is 6.39 Å². The van der Waals surface area contributed by atoms with Gasteiger partial charge in [0.1, 0.15) is 0 Å². The molecule has 1 saturated carbocycles. The molecule has 1 aromatic heterocycles. The molecule has 0 aromatic carbocycles. The Hall–Kier alpha value is -0.900. The summed E-state index contributed by atoms with van der Waals surface area (Å²) in [5, 5.41) is 7.41. The zero-order valence-electron chi connectivity index (χ0n) is 10.9. The highest BCUT2D eigenvalue weighted by atomic mass is 16.5. The third-order valence-electron chi connectivity index (χ3n) is 3.90. The molecule has 0 radical (unpaired) electrons. The first-order valence-corrected chi connectivity index (χ1v) is 6.74. The van der Waals surface area contributed by atoms with E-state index in [2.05, 4.69) is 29.3 Å². The molecule has 0 spiro atoms. The Morgan fingerprint density at radius 1 is 1.35 bits per heavy atom. The Morgan fingerprint density at radius 3 is 2.71 bits per heavy atom. The molecule has 1 aliphatic carbocycles. The van der Waals surface area contributed by atoms with Gasteiger partial charge < -0.3 is 9.84 Å². The SMILES string of the molecule is CC(C)C1CCC(NCCc2ncon2)CC1. The van der Waals surface area contributed by atoms with Crippen LogP contribution in [0.1, 0.15) is 45.4 Å². The summed E-state index contributed by atoms with van der Waals surface area (Å²) in [6.45, 7) is 5.64. The molecule has 2 rings (SSSR count). The molecule has 1 fully saturated rings. The zero-order chi connectivity index (χ0) is 12.1. The van der Waals surface area contributed by atoms with Crippen molar-refractivity contribution in [2.24, 2.45) is 11.8 Å². The van der Waals surface area contributed by atoms with Gasteiger partial charge in [-0.25, -0.2) is 0 Å². The van der Waals surface area contributed by atoms with Crippen LogP contribution < -0.4 is 5.32 Å². The summed E-state index contributed by atoms with van der Waals surface area (Å²) in [6.07, 6.45) is 7.63. The average Bonchev–Trinajstić information content (AvgIpc) is 2.83. The minimum atomic E-state index is 0.692. The van der Waals surface area contributed by atoms with Crippen LogP contribution in [0.5, 0.6) is 0 Å². The van der Waals surface area contributed by atoms with Crippen LogP contribution in [0.15, 0.2) is 10.9 Å². The van der Waals surface area contributed by atoms with E-state index >= 15 is 0 Å². The van der Waals surface area contributed by atoms with Crippen molar-refractivity contribution >= 4 is 0 Å². The molecule has 1 aromatic rings. The van der Waals surface area contributed by atoms with Crippen molar-refractivity contribution in [2.45, 2.75) is 52.0 Å². The van der Waals surface area contributed by atoms with Gasteiger partial charge in [-0.3, -0.25) is 0 Å². The Kier molecular flexibility index (Phi) is 4.54. The van der Waals surface area contributed by atoms with Crippen molar-refractivity contribution in [1.29, 1.82) is 0 Å². The first-order valence-electron chi connectivity index (χ1n) is 6.74. The number of hydrogen-bond donors (Lipinski definition) is 1. The molecule has 1 heterocycles. The first-order chi connectivity index (χ1) is 8.25. The Labute approximate surface area is 103 Å². The van der Waals surface area contributed by atoms with E-state index in [0.29, 0.717) is 6.04 Å². The average molecular weight is 237 g/mol. The number of aromatic nitrogens is 2. The molecule has 17 heavy (non-hydrogen) atoms. The molecule has 96 valence electrons. The molecule has 0 aliphatic heterocycles. The summed E-state index contributed by atoms with van der Waals surface area (Å²) in [7, 11) is 0. The summed E-state index contributed by atoms with van der Waals surface area (Å²) in [5.74, 6) is 2.58. The molecule has 4 heteroatoms. The van der Waals surface area contributed by atoms with E-state index in [4.69, 9.17) is 4.52 Å². The number of hydrogen-bond acceptors (Lipinski definition) is 4. The van der Waals surface area contributed by atoms with Gasteiger partial charge >= 0.3 is 0 Å². The summed E-state index contributed by atoms with van der Waals surface area (Å²) in [6, 6.07) is 0.692. The van der Waals surface area contributed by atoms with Gasteiger partial charge in [0, 0.05) is 19.0 Å². The van der Waals surface area contributed by atoms with Crippen LogP contribution in [0.25, 0.3) is 0 Å². The van der Waals surface area contributed by atoms with Crippen molar-refractivity contribution in [3.63, 3.8) is 0 Å². The standard InChI is InChI=1S/C13H23N3O/c1-10(2)11-3-5-12(6-4-11)14-8-7-13-15-9-17-16-13/h9-12,14H,3-8H2,1-2H3. The van der Waals surface area contributed by atoms with Crippen molar-refractivity contribution < 1.29 is 4.52 Å². The lowest BCUT2D eigenvalue weighted by molar-refractivity contribution is 0.239. The smallest absolute Gasteiger partial charge is 0.213 e. The van der Waals surface area contributed by atoms with Crippen molar-refractivity contribution in [1.82, 2.24) is 15.5 Å². The fourth-order valence-electron chi connectivity index (χ4n) is 2.68. The van der Waals surface area contributed by atoms with E-state index in [9.17, 15) is 0 Å². The summed E-state index contributed by atoms with van der Waals surface area (Å²) >= 11 is 0. The molecule has 1 aliphatic rings. The minimum Gasteiger partial charge on any atom is -0.343 e. The fourth-order valence-corrected chi connectivity index (χ4v) is 2.68. The Morgan fingerprint density at radius 2 is 2.12 bits per heavy atom. The van der Waals surface area contributed by atoms with Crippen LogP contribution in [-0.2, 0) is 6.42 Å². The topological polar surface area (TPSA) is 51.0 Å². The van der Waals surface area contributed by atoms with E-state index in [1.165, 1.54) is 32.1 Å². The van der Waals surface area contributed by atoms with E-state index < -0.39 is 0 Å². The van der Waals surface area contributed by atoms with Gasteiger partial charge in [0.25, 0.3) is 0 Å². The van der Waals surface area contributed by atoms with Crippen molar-refractivity contribution in [2.75, 3.05) is 6.54 Å². The lowest BCUT2D eigenvalue weighted by Gasteiger charge is -2.31. The number of rotatable bonds is 5. The Balaban J connectivity index is 1.62. The van der Waals surface area contributed by atoms with Gasteiger partial charge in [-0.1, -0.05) is 19.0 Å². The monoisotopic (exact) mass is 237 g/mol. The zero-order valence-corrected chi connectivity index (χ0v) is 10.9. The van der Waals surface area contributed by atoms with E-state index in [1.54, 1.807) is 0 Å². The van der Waals surface area contributed by atoms with Crippen LogP contribution in [0.3, 0.4) is 0 Å². The molecule has 0 unspecified atom stereocenters. The van der Waals surface area contributed by atoms with Crippen LogP contribution in [0, 0.1) is 11.8 Å². The van der Waals surface area contributed by atoms with Gasteiger partial charge in [-0.15, -0.1) is 0 Å². The van der Waals surface area contributed by atoms with Crippen LogP contribution >= 0.6 is 0 Å². The maximum Gasteiger partial charge on any atom is 0.213 e. The highest BCUT2D eigenvalue weighted by molar-refractivity contribution is 4.82. The quantitative estimate of drug-likeness (QED) is 0.854. The van der Waals surface area contributed by atoms with Crippen molar-refractivity contribution in [3.05, 3.63) is 12.2 Å². The molecular formula is C13H23N3O. The normalized spacial score (nSPS) is 25.4. The summed E-state index contributed by atoms with van der Waals surface area (Å²) in [5.41, 5.74) is 0. The summed E-state index contributed by atoms with van der Waals surface area (Å²) < 4.78 is 4.71. The second-order valence-corrected chi connectivity index (χ2v) is 5.41. The van der Waals surface area contributed by atoms with Gasteiger partial charge in [-0.05, 0) is 37.5 Å². The van der Waals surface area contributed by atoms with Crippen LogP contribution in [0.4, 0.5) is 0 Å². The molecule has 0 amide bonds. The largest absolute Gasteiger partial charge is 0.343 e. The molecule has 0 atom stereocenters. The molecule has 0 bridgehead atoms. The highest BCUT2D eigenvalue weighted by Crippen LogP contribution is 2.29. The van der Waals surface area contributed by atoms with Gasteiger partial charge in [0.15, 0.2) is 5.82 Å². The fraction of sp³-hybridized carbons (Fsp3) is 0.846. The third-order valence-corrected chi connectivity index (χ3v) is 3.90. The number of nitrogens with one attached hydrogen (secondary N) is 1. The summed E-state index contributed by atoms with van der Waals surface area (Å²) in [4.78, 5) is 4.02. The highest BCUT2D eigenvalue weighted by Gasteiger charge is 2.22. The second-order valence-electron chi connectivity index (χ2n) is 5.41. The molecule has 1 N–H and O–H groups in total. The molecule has 4 nitrogen and oxygen atoms in total. The maximum atomic E-state index is 4.71. The van der Waals surface area contributed by atoms with E-state index in [1.807, 2.05) is 0 Å². The van der Waals surface area contributed by atoms with Gasteiger partial charge in [-0.2, -0.15) is 4.98 Å².